The van der Waals surface area contributed by atoms with E-state index in [1.165, 1.54) is 0 Å². The van der Waals surface area contributed by atoms with Crippen LogP contribution in [-0.2, 0) is 21.8 Å². The monoisotopic (exact) mass is 324 g/mol. The molecule has 0 fully saturated rings. The highest BCUT2D eigenvalue weighted by molar-refractivity contribution is 8.13. The van der Waals surface area contributed by atoms with Gasteiger partial charge in [0.05, 0.1) is 5.56 Å². The maximum absolute atomic E-state index is 12.6. The van der Waals surface area contributed by atoms with Gasteiger partial charge >= 0.3 is 6.18 Å². The fourth-order valence-electron chi connectivity index (χ4n) is 1.30. The van der Waals surface area contributed by atoms with Crippen molar-refractivity contribution in [1.82, 2.24) is 4.98 Å². The minimum Gasteiger partial charge on any atom is -0.326 e. The lowest BCUT2D eigenvalue weighted by molar-refractivity contribution is -0.140. The Labute approximate surface area is 108 Å². The molecule has 19 heavy (non-hydrogen) atoms. The van der Waals surface area contributed by atoms with Gasteiger partial charge < -0.3 is 5.73 Å². The quantitative estimate of drug-likeness (QED) is 0.684. The molecule has 11 heteroatoms. The molecule has 0 amide bonds. The van der Waals surface area contributed by atoms with Crippen molar-refractivity contribution in [2.24, 2.45) is 5.73 Å². The highest BCUT2D eigenvalue weighted by atomic mass is 35.7. The van der Waals surface area contributed by atoms with Gasteiger partial charge in [-0.3, -0.25) is 0 Å². The number of hydrogen-bond acceptors (Lipinski definition) is 4. The van der Waals surface area contributed by atoms with E-state index in [0.29, 0.717) is 0 Å². The summed E-state index contributed by atoms with van der Waals surface area (Å²) in [6.45, 7) is -0.652. The van der Waals surface area contributed by atoms with E-state index in [-0.39, 0.29) is 6.07 Å². The van der Waals surface area contributed by atoms with Crippen molar-refractivity contribution in [3.8, 4) is 0 Å². The summed E-state index contributed by atoms with van der Waals surface area (Å²) in [5.41, 5.74) is 1.03. The molecule has 0 aromatic carbocycles. The van der Waals surface area contributed by atoms with Crippen molar-refractivity contribution in [1.29, 1.82) is 0 Å². The first-order chi connectivity index (χ1) is 8.48. The van der Waals surface area contributed by atoms with E-state index in [2.05, 4.69) is 4.98 Å². The fraction of sp³-hybridized carbons (Fsp3) is 0.375. The van der Waals surface area contributed by atoms with Crippen LogP contribution in [0, 0.1) is 0 Å². The molecule has 0 saturated carbocycles. The summed E-state index contributed by atoms with van der Waals surface area (Å²) in [4.78, 5) is 2.81. The Bertz CT molecular complexity index is 588. The first-order valence-corrected chi connectivity index (χ1v) is 6.83. The molecule has 0 aliphatic carbocycles. The van der Waals surface area contributed by atoms with E-state index in [1.807, 2.05) is 0 Å². The average molecular weight is 325 g/mol. The molecule has 0 spiro atoms. The van der Waals surface area contributed by atoms with E-state index in [1.54, 1.807) is 0 Å². The Morgan fingerprint density at radius 2 is 1.89 bits per heavy atom. The molecule has 0 unspecified atom stereocenters. The number of rotatable bonds is 3. The SMILES string of the molecule is NCc1cc(C(F)(F)F)c(C(F)F)nc1S(=O)(=O)Cl. The Morgan fingerprint density at radius 1 is 1.37 bits per heavy atom. The minimum atomic E-state index is -5.11. The molecule has 0 bridgehead atoms. The summed E-state index contributed by atoms with van der Waals surface area (Å²) < 4.78 is 84.9. The largest absolute Gasteiger partial charge is 0.418 e. The smallest absolute Gasteiger partial charge is 0.326 e. The zero-order chi connectivity index (χ0) is 15.0. The number of pyridine rings is 1. The van der Waals surface area contributed by atoms with Crippen molar-refractivity contribution in [2.45, 2.75) is 24.2 Å². The summed E-state index contributed by atoms with van der Waals surface area (Å²) in [5, 5.41) is -1.10. The van der Waals surface area contributed by atoms with Gasteiger partial charge in [-0.15, -0.1) is 0 Å². The zero-order valence-corrected chi connectivity index (χ0v) is 10.5. The van der Waals surface area contributed by atoms with E-state index < -0.39 is 50.0 Å². The minimum absolute atomic E-state index is 0.212. The maximum Gasteiger partial charge on any atom is 0.418 e. The number of nitrogens with zero attached hydrogens (tertiary/aromatic N) is 1. The highest BCUT2D eigenvalue weighted by Crippen LogP contribution is 2.37. The van der Waals surface area contributed by atoms with Crippen LogP contribution in [0.3, 0.4) is 0 Å². The van der Waals surface area contributed by atoms with E-state index in [9.17, 15) is 30.4 Å². The van der Waals surface area contributed by atoms with Crippen molar-refractivity contribution in [3.05, 3.63) is 22.9 Å². The van der Waals surface area contributed by atoms with Gasteiger partial charge in [-0.2, -0.15) is 13.2 Å². The third-order valence-electron chi connectivity index (χ3n) is 2.05. The van der Waals surface area contributed by atoms with Crippen LogP contribution >= 0.6 is 10.7 Å². The number of alkyl halides is 5. The summed E-state index contributed by atoms with van der Waals surface area (Å²) in [5.74, 6) is 0. The number of hydrogen-bond donors (Lipinski definition) is 1. The van der Waals surface area contributed by atoms with Gasteiger partial charge in [-0.1, -0.05) is 0 Å². The molecule has 1 heterocycles. The third kappa shape index (κ3) is 3.51. The molecule has 2 N–H and O–H groups in total. The molecule has 1 aromatic rings. The molecule has 108 valence electrons. The van der Waals surface area contributed by atoms with Gasteiger partial charge in [0.2, 0.25) is 0 Å². The van der Waals surface area contributed by atoms with Gasteiger partial charge in [0.25, 0.3) is 15.5 Å². The number of nitrogens with two attached hydrogens (primary N) is 1. The Morgan fingerprint density at radius 3 is 2.21 bits per heavy atom. The summed E-state index contributed by atoms with van der Waals surface area (Å²) in [6.07, 6.45) is -8.72. The van der Waals surface area contributed by atoms with Crippen LogP contribution in [0.1, 0.15) is 23.2 Å². The Kier molecular flexibility index (Phi) is 4.37. The second-order valence-electron chi connectivity index (χ2n) is 3.33. The first-order valence-electron chi connectivity index (χ1n) is 4.52. The van der Waals surface area contributed by atoms with E-state index in [4.69, 9.17) is 16.4 Å². The lowest BCUT2D eigenvalue weighted by atomic mass is 10.1. The second-order valence-corrected chi connectivity index (χ2v) is 5.81. The third-order valence-corrected chi connectivity index (χ3v) is 3.31. The topological polar surface area (TPSA) is 73.0 Å². The van der Waals surface area contributed by atoms with Crippen LogP contribution in [-0.4, -0.2) is 13.4 Å². The molecule has 0 aliphatic rings. The summed E-state index contributed by atoms with van der Waals surface area (Å²) >= 11 is 0. The van der Waals surface area contributed by atoms with Gasteiger partial charge in [0.15, 0.2) is 5.03 Å². The molecule has 0 aliphatic heterocycles. The van der Waals surface area contributed by atoms with Gasteiger partial charge in [-0.05, 0) is 6.07 Å². The average Bonchev–Trinajstić information content (AvgIpc) is 2.24. The molecule has 1 rings (SSSR count). The van der Waals surface area contributed by atoms with Crippen molar-refractivity contribution in [3.63, 3.8) is 0 Å². The van der Waals surface area contributed by atoms with E-state index >= 15 is 0 Å². The van der Waals surface area contributed by atoms with Crippen LogP contribution in [0.25, 0.3) is 0 Å². The van der Waals surface area contributed by atoms with Crippen molar-refractivity contribution in [2.75, 3.05) is 0 Å². The molecule has 0 atom stereocenters. The van der Waals surface area contributed by atoms with Crippen LogP contribution in [0.4, 0.5) is 22.0 Å². The fourth-order valence-corrected chi connectivity index (χ4v) is 2.37. The normalized spacial score (nSPS) is 13.1. The van der Waals surface area contributed by atoms with Crippen molar-refractivity contribution >= 4 is 19.7 Å². The lowest BCUT2D eigenvalue weighted by Gasteiger charge is -2.14. The highest BCUT2D eigenvalue weighted by Gasteiger charge is 2.38. The Hall–Kier alpha value is -1.00. The number of aromatic nitrogens is 1. The maximum atomic E-state index is 12.6. The molecule has 0 radical (unpaired) electrons. The van der Waals surface area contributed by atoms with Gasteiger partial charge in [-0.25, -0.2) is 22.2 Å². The predicted octanol–water partition coefficient (Wildman–Crippen LogP) is 2.42. The Balaban J connectivity index is 3.71. The van der Waals surface area contributed by atoms with Crippen LogP contribution < -0.4 is 5.73 Å². The van der Waals surface area contributed by atoms with Crippen LogP contribution in [0.15, 0.2) is 11.1 Å². The van der Waals surface area contributed by atoms with Gasteiger partial charge in [0, 0.05) is 22.8 Å². The van der Waals surface area contributed by atoms with Crippen molar-refractivity contribution < 1.29 is 30.4 Å². The van der Waals surface area contributed by atoms with Gasteiger partial charge in [0.1, 0.15) is 5.69 Å². The predicted molar refractivity (Wildman–Crippen MR) is 55.1 cm³/mol. The zero-order valence-electron chi connectivity index (χ0n) is 8.88. The summed E-state index contributed by atoms with van der Waals surface area (Å²) in [7, 11) is 0.330. The first kappa shape index (κ1) is 16.1. The van der Waals surface area contributed by atoms with Crippen LogP contribution in [0.2, 0.25) is 0 Å². The lowest BCUT2D eigenvalue weighted by Crippen LogP contribution is -2.16. The molecule has 4 nitrogen and oxygen atoms in total. The molecule has 0 saturated heterocycles. The molecule has 1 aromatic heterocycles. The standard InChI is InChI=1S/C8H6ClF5N2O2S/c9-19(17,18)7-3(2-15)1-4(8(12,13)14)5(16-7)6(10)11/h1,6H,2,15H2. The number of halogens is 6. The summed E-state index contributed by atoms with van der Waals surface area (Å²) in [6, 6.07) is 0.212. The van der Waals surface area contributed by atoms with Crippen LogP contribution in [0.5, 0.6) is 0 Å². The van der Waals surface area contributed by atoms with E-state index in [0.717, 1.165) is 0 Å². The molecular formula is C8H6ClF5N2O2S. The second kappa shape index (κ2) is 5.17. The molecular weight excluding hydrogens is 319 g/mol.